The molecule has 0 aliphatic heterocycles. The Labute approximate surface area is 74.2 Å². The smallest absolute Gasteiger partial charge is 0.320 e. The zero-order chi connectivity index (χ0) is 9.78. The third kappa shape index (κ3) is 5.09. The van der Waals surface area contributed by atoms with Crippen LogP contribution in [0.2, 0.25) is 19.6 Å². The van der Waals surface area contributed by atoms with Gasteiger partial charge in [0.05, 0.1) is 0 Å². The van der Waals surface area contributed by atoms with Gasteiger partial charge in [0.15, 0.2) is 0 Å². The first kappa shape index (κ1) is 11.4. The molecule has 0 fully saturated rings. The molecule has 0 aromatic heterocycles. The Hall–Kier alpha value is -0.613. The highest BCUT2D eigenvalue weighted by Crippen LogP contribution is 2.08. The maximum atomic E-state index is 11.2. The summed E-state index contributed by atoms with van der Waals surface area (Å²) in [5.41, 5.74) is 0.347. The topological polar surface area (TPSA) is 46.5 Å². The molecule has 12 heavy (non-hydrogen) atoms. The molecule has 0 heterocycles. The van der Waals surface area contributed by atoms with Crippen molar-refractivity contribution in [3.8, 4) is 0 Å². The second kappa shape index (κ2) is 4.42. The van der Waals surface area contributed by atoms with Gasteiger partial charge in [0, 0.05) is 18.6 Å². The summed E-state index contributed by atoms with van der Waals surface area (Å²) in [6.07, 6.45) is 0.295. The predicted octanol–water partition coefficient (Wildman–Crippen LogP) is 1.30. The summed E-state index contributed by atoms with van der Waals surface area (Å²) < 4.78 is 5.14. The standard InChI is InChI=1S/C8H16O3Si/c1-7(5-6-9)8(10)11-12(2,3)4/h9H,1,5-6H2,2-4H3. The van der Waals surface area contributed by atoms with E-state index >= 15 is 0 Å². The quantitative estimate of drug-likeness (QED) is 0.534. The van der Waals surface area contributed by atoms with Gasteiger partial charge in [-0.1, -0.05) is 6.58 Å². The molecular weight excluding hydrogens is 172 g/mol. The highest BCUT2D eigenvalue weighted by atomic mass is 28.4. The minimum absolute atomic E-state index is 0.0559. The fourth-order valence-corrected chi connectivity index (χ4v) is 1.29. The van der Waals surface area contributed by atoms with Gasteiger partial charge in [-0.2, -0.15) is 0 Å². The van der Waals surface area contributed by atoms with Crippen LogP contribution in [0.15, 0.2) is 12.2 Å². The maximum Gasteiger partial charge on any atom is 0.320 e. The number of carbonyl (C=O) groups is 1. The van der Waals surface area contributed by atoms with Crippen molar-refractivity contribution in [2.45, 2.75) is 26.1 Å². The van der Waals surface area contributed by atoms with E-state index in [4.69, 9.17) is 9.53 Å². The summed E-state index contributed by atoms with van der Waals surface area (Å²) in [4.78, 5) is 11.2. The third-order valence-electron chi connectivity index (χ3n) is 1.10. The van der Waals surface area contributed by atoms with Crippen LogP contribution in [0, 0.1) is 0 Å². The first-order valence-corrected chi connectivity index (χ1v) is 7.29. The number of hydrogen-bond donors (Lipinski definition) is 1. The van der Waals surface area contributed by atoms with Gasteiger partial charge < -0.3 is 9.53 Å². The summed E-state index contributed by atoms with van der Waals surface area (Å²) in [5.74, 6) is -0.372. The van der Waals surface area contributed by atoms with Gasteiger partial charge in [0.1, 0.15) is 0 Å². The Bertz CT molecular complexity index is 181. The lowest BCUT2D eigenvalue weighted by Crippen LogP contribution is -2.29. The van der Waals surface area contributed by atoms with Gasteiger partial charge in [-0.25, -0.2) is 4.79 Å². The number of carbonyl (C=O) groups excluding carboxylic acids is 1. The van der Waals surface area contributed by atoms with Crippen LogP contribution in [0.25, 0.3) is 0 Å². The Morgan fingerprint density at radius 2 is 2.00 bits per heavy atom. The predicted molar refractivity (Wildman–Crippen MR) is 50.3 cm³/mol. The molecule has 0 unspecified atom stereocenters. The van der Waals surface area contributed by atoms with Crippen molar-refractivity contribution in [1.29, 1.82) is 0 Å². The van der Waals surface area contributed by atoms with E-state index in [1.165, 1.54) is 0 Å². The van der Waals surface area contributed by atoms with E-state index in [0.29, 0.717) is 12.0 Å². The molecule has 0 amide bonds. The molecule has 0 atom stereocenters. The molecule has 70 valence electrons. The molecule has 0 radical (unpaired) electrons. The fraction of sp³-hybridized carbons (Fsp3) is 0.625. The van der Waals surface area contributed by atoms with Crippen LogP contribution < -0.4 is 0 Å². The highest BCUT2D eigenvalue weighted by Gasteiger charge is 2.20. The van der Waals surface area contributed by atoms with Crippen molar-refractivity contribution in [1.82, 2.24) is 0 Å². The van der Waals surface area contributed by atoms with Crippen LogP contribution in [-0.4, -0.2) is 26.0 Å². The molecule has 3 nitrogen and oxygen atoms in total. The van der Waals surface area contributed by atoms with Crippen molar-refractivity contribution in [3.63, 3.8) is 0 Å². The van der Waals surface area contributed by atoms with Crippen LogP contribution in [0.1, 0.15) is 6.42 Å². The van der Waals surface area contributed by atoms with Crippen LogP contribution >= 0.6 is 0 Å². The lowest BCUT2D eigenvalue weighted by molar-refractivity contribution is -0.131. The van der Waals surface area contributed by atoms with Crippen molar-refractivity contribution in [2.75, 3.05) is 6.61 Å². The van der Waals surface area contributed by atoms with Gasteiger partial charge in [0.25, 0.3) is 0 Å². The van der Waals surface area contributed by atoms with Crippen molar-refractivity contribution < 1.29 is 14.3 Å². The van der Waals surface area contributed by atoms with Gasteiger partial charge in [-0.05, 0) is 19.6 Å². The average molecular weight is 188 g/mol. The summed E-state index contributed by atoms with van der Waals surface area (Å²) in [6.45, 7) is 9.24. The van der Waals surface area contributed by atoms with Crippen LogP contribution in [0.4, 0.5) is 0 Å². The van der Waals surface area contributed by atoms with E-state index in [9.17, 15) is 4.79 Å². The van der Waals surface area contributed by atoms with E-state index in [2.05, 4.69) is 6.58 Å². The van der Waals surface area contributed by atoms with E-state index in [-0.39, 0.29) is 12.6 Å². The molecule has 0 rings (SSSR count). The first-order chi connectivity index (χ1) is 5.37. The Kier molecular flexibility index (Phi) is 4.20. The monoisotopic (exact) mass is 188 g/mol. The summed E-state index contributed by atoms with van der Waals surface area (Å²) in [7, 11) is -1.80. The lowest BCUT2D eigenvalue weighted by atomic mass is 10.2. The van der Waals surface area contributed by atoms with Gasteiger partial charge >= 0.3 is 5.97 Å². The molecule has 0 bridgehead atoms. The molecule has 0 saturated carbocycles. The number of aliphatic hydroxyl groups excluding tert-OH is 1. The summed E-state index contributed by atoms with van der Waals surface area (Å²) in [5, 5.41) is 8.53. The van der Waals surface area contributed by atoms with Crippen LogP contribution in [0.5, 0.6) is 0 Å². The fourth-order valence-electron chi connectivity index (χ4n) is 0.587. The number of rotatable bonds is 4. The Morgan fingerprint density at radius 3 is 2.33 bits per heavy atom. The van der Waals surface area contributed by atoms with Crippen LogP contribution in [-0.2, 0) is 9.22 Å². The minimum atomic E-state index is -1.80. The van der Waals surface area contributed by atoms with Crippen molar-refractivity contribution >= 4 is 14.3 Å². The maximum absolute atomic E-state index is 11.2. The van der Waals surface area contributed by atoms with Gasteiger partial charge in [-0.15, -0.1) is 0 Å². The first-order valence-electron chi connectivity index (χ1n) is 3.89. The molecule has 0 aromatic rings. The average Bonchev–Trinajstić information content (AvgIpc) is 1.84. The van der Waals surface area contributed by atoms with E-state index in [0.717, 1.165) is 0 Å². The molecule has 4 heteroatoms. The molecule has 0 aromatic carbocycles. The lowest BCUT2D eigenvalue weighted by Gasteiger charge is -2.17. The minimum Gasteiger partial charge on any atom is -0.517 e. The molecule has 0 spiro atoms. The zero-order valence-corrected chi connectivity index (χ0v) is 8.89. The van der Waals surface area contributed by atoms with Crippen LogP contribution in [0.3, 0.4) is 0 Å². The highest BCUT2D eigenvalue weighted by molar-refractivity contribution is 6.71. The molecule has 1 N–H and O–H groups in total. The largest absolute Gasteiger partial charge is 0.517 e. The number of hydrogen-bond acceptors (Lipinski definition) is 3. The normalized spacial score (nSPS) is 11.0. The van der Waals surface area contributed by atoms with Gasteiger partial charge in [-0.3, -0.25) is 0 Å². The Balaban J connectivity index is 3.97. The summed E-state index contributed by atoms with van der Waals surface area (Å²) >= 11 is 0. The molecular formula is C8H16O3Si. The van der Waals surface area contributed by atoms with Crippen molar-refractivity contribution in [2.24, 2.45) is 0 Å². The Morgan fingerprint density at radius 1 is 1.50 bits per heavy atom. The van der Waals surface area contributed by atoms with E-state index < -0.39 is 8.32 Å². The van der Waals surface area contributed by atoms with E-state index in [1.54, 1.807) is 0 Å². The van der Waals surface area contributed by atoms with E-state index in [1.807, 2.05) is 19.6 Å². The molecule has 0 aliphatic rings. The van der Waals surface area contributed by atoms with Crippen molar-refractivity contribution in [3.05, 3.63) is 12.2 Å². The number of aliphatic hydroxyl groups is 1. The second-order valence-electron chi connectivity index (χ2n) is 3.58. The summed E-state index contributed by atoms with van der Waals surface area (Å²) in [6, 6.07) is 0. The molecule has 0 saturated heterocycles. The second-order valence-corrected chi connectivity index (χ2v) is 8.01. The molecule has 0 aliphatic carbocycles. The zero-order valence-electron chi connectivity index (χ0n) is 7.89. The third-order valence-corrected chi connectivity index (χ3v) is 1.90. The SMILES string of the molecule is C=C(CCO)C(=O)O[Si](C)(C)C. The van der Waals surface area contributed by atoms with Gasteiger partial charge in [0.2, 0.25) is 8.32 Å².